The topological polar surface area (TPSA) is 55.6 Å². The lowest BCUT2D eigenvalue weighted by molar-refractivity contribution is -0.133. The maximum Gasteiger partial charge on any atom is 0.242 e. The normalized spacial score (nSPS) is 25.8. The first kappa shape index (κ1) is 14.8. The van der Waals surface area contributed by atoms with Crippen molar-refractivity contribution in [1.82, 2.24) is 4.90 Å². The van der Waals surface area contributed by atoms with E-state index in [4.69, 9.17) is 10.5 Å². The van der Waals surface area contributed by atoms with Gasteiger partial charge in [0.1, 0.15) is 12.1 Å². The number of carbonyl (C=O) groups is 1. The van der Waals surface area contributed by atoms with Crippen molar-refractivity contribution in [2.45, 2.75) is 18.2 Å². The number of benzene rings is 2. The molecule has 1 saturated heterocycles. The second kappa shape index (κ2) is 6.30. The Bertz CT molecular complexity index is 575. The van der Waals surface area contributed by atoms with Crippen molar-refractivity contribution in [3.8, 4) is 0 Å². The Kier molecular flexibility index (Phi) is 4.22. The molecule has 22 heavy (non-hydrogen) atoms. The molecule has 0 aliphatic carbocycles. The molecule has 1 heterocycles. The zero-order chi connectivity index (χ0) is 15.5. The summed E-state index contributed by atoms with van der Waals surface area (Å²) >= 11 is 0. The van der Waals surface area contributed by atoms with Gasteiger partial charge >= 0.3 is 0 Å². The smallest absolute Gasteiger partial charge is 0.242 e. The van der Waals surface area contributed by atoms with Crippen LogP contribution >= 0.6 is 0 Å². The molecule has 4 heteroatoms. The summed E-state index contributed by atoms with van der Waals surface area (Å²) < 4.78 is 6.02. The van der Waals surface area contributed by atoms with Crippen molar-refractivity contribution >= 4 is 5.91 Å². The number of ether oxygens (including phenoxy) is 1. The van der Waals surface area contributed by atoms with Gasteiger partial charge in [-0.1, -0.05) is 60.7 Å². The maximum atomic E-state index is 12.6. The number of carbonyl (C=O) groups excluding carboxylic acids is 1. The maximum absolute atomic E-state index is 12.6. The third-order valence-electron chi connectivity index (χ3n) is 4.17. The lowest BCUT2D eigenvalue weighted by atomic mass is 10.0. The molecule has 0 saturated carbocycles. The van der Waals surface area contributed by atoms with Gasteiger partial charge in [0.15, 0.2) is 0 Å². The number of nitrogens with zero attached hydrogens (tertiary/aromatic N) is 1. The Labute approximate surface area is 130 Å². The Hall–Kier alpha value is -2.17. The summed E-state index contributed by atoms with van der Waals surface area (Å²) in [6.45, 7) is 0.430. The predicted octanol–water partition coefficient (Wildman–Crippen LogP) is 2.28. The highest BCUT2D eigenvalue weighted by Crippen LogP contribution is 2.30. The molecule has 0 unspecified atom stereocenters. The van der Waals surface area contributed by atoms with E-state index in [1.54, 1.807) is 11.9 Å². The van der Waals surface area contributed by atoms with Crippen molar-refractivity contribution in [3.05, 3.63) is 71.8 Å². The lowest BCUT2D eigenvalue weighted by Crippen LogP contribution is -2.44. The third kappa shape index (κ3) is 2.75. The van der Waals surface area contributed by atoms with Crippen LogP contribution in [0.25, 0.3) is 0 Å². The molecule has 2 aromatic rings. The van der Waals surface area contributed by atoms with Crippen LogP contribution in [-0.4, -0.2) is 30.5 Å². The highest BCUT2D eigenvalue weighted by atomic mass is 16.5. The van der Waals surface area contributed by atoms with E-state index in [1.807, 2.05) is 60.7 Å². The minimum Gasteiger partial charge on any atom is -0.369 e. The molecule has 0 radical (unpaired) electrons. The molecule has 1 aliphatic heterocycles. The molecule has 0 spiro atoms. The number of hydrogen-bond donors (Lipinski definition) is 1. The van der Waals surface area contributed by atoms with Crippen LogP contribution in [0.2, 0.25) is 0 Å². The molecule has 0 aromatic heterocycles. The van der Waals surface area contributed by atoms with Gasteiger partial charge in [-0.05, 0) is 11.1 Å². The number of rotatable bonds is 2. The minimum absolute atomic E-state index is 0.0970. The van der Waals surface area contributed by atoms with E-state index in [9.17, 15) is 4.79 Å². The van der Waals surface area contributed by atoms with Gasteiger partial charge in [-0.25, -0.2) is 0 Å². The monoisotopic (exact) mass is 296 g/mol. The second-order valence-corrected chi connectivity index (χ2v) is 5.57. The molecular weight excluding hydrogens is 276 g/mol. The first-order valence-corrected chi connectivity index (χ1v) is 7.42. The zero-order valence-electron chi connectivity index (χ0n) is 12.6. The van der Waals surface area contributed by atoms with E-state index < -0.39 is 12.1 Å². The Morgan fingerprint density at radius 1 is 1.00 bits per heavy atom. The molecule has 1 aliphatic rings. The summed E-state index contributed by atoms with van der Waals surface area (Å²) in [7, 11) is 1.79. The Morgan fingerprint density at radius 3 is 2.14 bits per heavy atom. The fourth-order valence-electron chi connectivity index (χ4n) is 2.87. The van der Waals surface area contributed by atoms with E-state index in [1.165, 1.54) is 0 Å². The van der Waals surface area contributed by atoms with Crippen molar-refractivity contribution in [2.24, 2.45) is 5.73 Å². The van der Waals surface area contributed by atoms with Gasteiger partial charge in [-0.2, -0.15) is 0 Å². The number of likely N-dealkylation sites (N-methyl/N-ethyl adjacent to an activating group) is 1. The quantitative estimate of drug-likeness (QED) is 0.925. The third-order valence-corrected chi connectivity index (χ3v) is 4.17. The molecule has 0 bridgehead atoms. The van der Waals surface area contributed by atoms with Gasteiger partial charge < -0.3 is 15.4 Å². The van der Waals surface area contributed by atoms with Gasteiger partial charge in [-0.3, -0.25) is 4.79 Å². The second-order valence-electron chi connectivity index (χ2n) is 5.57. The number of amides is 1. The van der Waals surface area contributed by atoms with Crippen LogP contribution < -0.4 is 5.73 Å². The van der Waals surface area contributed by atoms with Gasteiger partial charge in [0.25, 0.3) is 0 Å². The van der Waals surface area contributed by atoms with Gasteiger partial charge in [0.2, 0.25) is 5.91 Å². The first-order valence-electron chi connectivity index (χ1n) is 7.42. The van der Waals surface area contributed by atoms with E-state index in [0.717, 1.165) is 11.1 Å². The summed E-state index contributed by atoms with van der Waals surface area (Å²) in [5.41, 5.74) is 8.16. The fraction of sp³-hybridized carbons (Fsp3) is 0.278. The summed E-state index contributed by atoms with van der Waals surface area (Å²) in [6, 6.07) is 18.8. The molecule has 2 aromatic carbocycles. The molecule has 3 atom stereocenters. The van der Waals surface area contributed by atoms with E-state index in [0.29, 0.717) is 6.61 Å². The van der Waals surface area contributed by atoms with Crippen LogP contribution in [0.1, 0.15) is 23.3 Å². The average molecular weight is 296 g/mol. The standard InChI is InChI=1S/C18H20N2O2/c1-20-15(13-8-4-2-5-9-13)12-22-17(16(19)18(20)21)14-10-6-3-7-11-14/h2-11,15-17H,12,19H2,1H3/t15-,16-,17+/m0/s1. The Morgan fingerprint density at radius 2 is 1.55 bits per heavy atom. The summed E-state index contributed by atoms with van der Waals surface area (Å²) in [6.07, 6.45) is -0.412. The minimum atomic E-state index is -0.693. The van der Waals surface area contributed by atoms with Crippen molar-refractivity contribution < 1.29 is 9.53 Å². The summed E-state index contributed by atoms with van der Waals surface area (Å²) in [5, 5.41) is 0. The largest absolute Gasteiger partial charge is 0.369 e. The molecule has 1 fully saturated rings. The van der Waals surface area contributed by atoms with Crippen molar-refractivity contribution in [1.29, 1.82) is 0 Å². The zero-order valence-corrected chi connectivity index (χ0v) is 12.6. The van der Waals surface area contributed by atoms with Crippen molar-refractivity contribution in [2.75, 3.05) is 13.7 Å². The summed E-state index contributed by atoms with van der Waals surface area (Å²) in [4.78, 5) is 14.3. The molecule has 4 nitrogen and oxygen atoms in total. The van der Waals surface area contributed by atoms with Gasteiger partial charge in [0.05, 0.1) is 12.6 Å². The predicted molar refractivity (Wildman–Crippen MR) is 85.1 cm³/mol. The van der Waals surface area contributed by atoms with Crippen LogP contribution in [-0.2, 0) is 9.53 Å². The fourth-order valence-corrected chi connectivity index (χ4v) is 2.87. The SMILES string of the molecule is CN1C(=O)[C@@H](N)[C@@H](c2ccccc2)OC[C@H]1c1ccccc1. The average Bonchev–Trinajstić information content (AvgIpc) is 2.68. The van der Waals surface area contributed by atoms with E-state index >= 15 is 0 Å². The van der Waals surface area contributed by atoms with Crippen LogP contribution in [0, 0.1) is 0 Å². The molecular formula is C18H20N2O2. The molecule has 1 amide bonds. The number of hydrogen-bond acceptors (Lipinski definition) is 3. The van der Waals surface area contributed by atoms with Gasteiger partial charge in [0, 0.05) is 7.05 Å². The van der Waals surface area contributed by atoms with E-state index in [2.05, 4.69) is 0 Å². The summed E-state index contributed by atoms with van der Waals surface area (Å²) in [5.74, 6) is -0.0970. The van der Waals surface area contributed by atoms with Crippen LogP contribution in [0.15, 0.2) is 60.7 Å². The van der Waals surface area contributed by atoms with Crippen LogP contribution in [0.3, 0.4) is 0 Å². The lowest BCUT2D eigenvalue weighted by Gasteiger charge is -2.26. The van der Waals surface area contributed by atoms with E-state index in [-0.39, 0.29) is 11.9 Å². The highest BCUT2D eigenvalue weighted by Gasteiger charge is 2.36. The molecule has 2 N–H and O–H groups in total. The van der Waals surface area contributed by atoms with Crippen LogP contribution in [0.5, 0.6) is 0 Å². The highest BCUT2D eigenvalue weighted by molar-refractivity contribution is 5.83. The van der Waals surface area contributed by atoms with Crippen molar-refractivity contribution in [3.63, 3.8) is 0 Å². The van der Waals surface area contributed by atoms with Gasteiger partial charge in [-0.15, -0.1) is 0 Å². The van der Waals surface area contributed by atoms with Crippen LogP contribution in [0.4, 0.5) is 0 Å². The number of nitrogens with two attached hydrogens (primary N) is 1. The molecule has 3 rings (SSSR count). The first-order chi connectivity index (χ1) is 10.7. The Balaban J connectivity index is 1.90. The molecule has 114 valence electrons.